The lowest BCUT2D eigenvalue weighted by Gasteiger charge is -2.25. The third-order valence-corrected chi connectivity index (χ3v) is 7.86. The highest BCUT2D eigenvalue weighted by molar-refractivity contribution is 6.08. The Labute approximate surface area is 243 Å². The largest absolute Gasteiger partial charge is 0.454 e. The zero-order chi connectivity index (χ0) is 27.9. The standard InChI is InChI=1S/C39H26N2O/c1-3-9-27(10-4-1)29-15-19-33(20-16-29)41(34-21-17-30(18-22-34)28-11-5-2-6-12-28)38-24-23-36-39(40-38)35-25-31-13-7-8-14-32(31)26-37(35)42-36/h1-26H. The van der Waals surface area contributed by atoms with Gasteiger partial charge in [-0.1, -0.05) is 109 Å². The molecule has 8 rings (SSSR count). The summed E-state index contributed by atoms with van der Waals surface area (Å²) in [5.74, 6) is 0.832. The SMILES string of the molecule is c1ccc(-c2ccc(N(c3ccc(-c4ccccc4)cc3)c3ccc4oc5cc6ccccc6cc5c4n3)cc2)cc1. The maximum Gasteiger partial charge on any atom is 0.154 e. The zero-order valence-electron chi connectivity index (χ0n) is 22.8. The fourth-order valence-electron chi connectivity index (χ4n) is 5.72. The fraction of sp³-hybridized carbons (Fsp3) is 0. The van der Waals surface area contributed by atoms with E-state index in [9.17, 15) is 0 Å². The van der Waals surface area contributed by atoms with Crippen LogP contribution in [-0.4, -0.2) is 4.98 Å². The minimum atomic E-state index is 0.780. The Morgan fingerprint density at radius 3 is 1.50 bits per heavy atom. The molecular formula is C39H26N2O. The molecule has 0 saturated heterocycles. The lowest BCUT2D eigenvalue weighted by molar-refractivity contribution is 0.668. The van der Waals surface area contributed by atoms with Crippen molar-refractivity contribution in [2.45, 2.75) is 0 Å². The summed E-state index contributed by atoms with van der Waals surface area (Å²) >= 11 is 0. The third-order valence-electron chi connectivity index (χ3n) is 7.86. The normalized spacial score (nSPS) is 11.3. The second kappa shape index (κ2) is 10.1. The number of anilines is 3. The van der Waals surface area contributed by atoms with Gasteiger partial charge in [0.25, 0.3) is 0 Å². The third kappa shape index (κ3) is 4.29. The Kier molecular flexibility index (Phi) is 5.79. The lowest BCUT2D eigenvalue weighted by atomic mass is 10.0. The molecule has 0 atom stereocenters. The first kappa shape index (κ1) is 24.2. The van der Waals surface area contributed by atoms with Crippen LogP contribution in [0.25, 0.3) is 55.1 Å². The molecule has 0 N–H and O–H groups in total. The van der Waals surface area contributed by atoms with Gasteiger partial charge in [0.15, 0.2) is 5.58 Å². The Morgan fingerprint density at radius 2 is 0.929 bits per heavy atom. The van der Waals surface area contributed by atoms with E-state index >= 15 is 0 Å². The van der Waals surface area contributed by atoms with Crippen molar-refractivity contribution in [3.05, 3.63) is 158 Å². The molecule has 0 spiro atoms. The van der Waals surface area contributed by atoms with Crippen molar-refractivity contribution in [2.75, 3.05) is 4.90 Å². The monoisotopic (exact) mass is 538 g/mol. The highest BCUT2D eigenvalue weighted by atomic mass is 16.3. The first-order valence-electron chi connectivity index (χ1n) is 14.1. The molecule has 42 heavy (non-hydrogen) atoms. The molecule has 0 bridgehead atoms. The fourth-order valence-corrected chi connectivity index (χ4v) is 5.72. The van der Waals surface area contributed by atoms with Crippen molar-refractivity contribution >= 4 is 50.0 Å². The van der Waals surface area contributed by atoms with Crippen LogP contribution in [-0.2, 0) is 0 Å². The molecule has 2 aromatic heterocycles. The Hall–Kier alpha value is -5.67. The van der Waals surface area contributed by atoms with Gasteiger partial charge in [-0.25, -0.2) is 4.98 Å². The van der Waals surface area contributed by atoms with Crippen molar-refractivity contribution in [3.8, 4) is 22.3 Å². The summed E-state index contributed by atoms with van der Waals surface area (Å²) < 4.78 is 6.26. The summed E-state index contributed by atoms with van der Waals surface area (Å²) in [5, 5.41) is 3.34. The maximum absolute atomic E-state index is 6.26. The molecule has 198 valence electrons. The molecule has 0 unspecified atom stereocenters. The van der Waals surface area contributed by atoms with E-state index in [1.54, 1.807) is 0 Å². The van der Waals surface area contributed by atoms with Crippen LogP contribution >= 0.6 is 0 Å². The van der Waals surface area contributed by atoms with Crippen LogP contribution in [0.1, 0.15) is 0 Å². The number of fused-ring (bicyclic) bond motifs is 4. The average Bonchev–Trinajstić information content (AvgIpc) is 3.42. The van der Waals surface area contributed by atoms with Crippen LogP contribution in [0.2, 0.25) is 0 Å². The van der Waals surface area contributed by atoms with Crippen LogP contribution in [0.3, 0.4) is 0 Å². The maximum atomic E-state index is 6.26. The molecule has 3 heteroatoms. The van der Waals surface area contributed by atoms with Crippen LogP contribution in [0.5, 0.6) is 0 Å². The van der Waals surface area contributed by atoms with Crippen molar-refractivity contribution < 1.29 is 4.42 Å². The minimum absolute atomic E-state index is 0.780. The van der Waals surface area contributed by atoms with Crippen molar-refractivity contribution in [3.63, 3.8) is 0 Å². The molecule has 0 radical (unpaired) electrons. The second-order valence-corrected chi connectivity index (χ2v) is 10.5. The number of nitrogens with zero attached hydrogens (tertiary/aromatic N) is 2. The Balaban J connectivity index is 1.27. The van der Waals surface area contributed by atoms with Crippen LogP contribution < -0.4 is 4.90 Å². The van der Waals surface area contributed by atoms with Crippen LogP contribution in [0, 0.1) is 0 Å². The number of hydrogen-bond acceptors (Lipinski definition) is 3. The van der Waals surface area contributed by atoms with Gasteiger partial charge in [0.1, 0.15) is 16.9 Å². The molecule has 0 fully saturated rings. The summed E-state index contributed by atoms with van der Waals surface area (Å²) in [5.41, 5.74) is 9.30. The van der Waals surface area contributed by atoms with E-state index in [1.807, 2.05) is 24.3 Å². The number of hydrogen-bond donors (Lipinski definition) is 0. The van der Waals surface area contributed by atoms with Crippen LogP contribution in [0.4, 0.5) is 17.2 Å². The molecule has 0 amide bonds. The zero-order valence-corrected chi connectivity index (χ0v) is 22.8. The summed E-state index contributed by atoms with van der Waals surface area (Å²) in [7, 11) is 0. The van der Waals surface area contributed by atoms with Gasteiger partial charge in [0.2, 0.25) is 0 Å². The van der Waals surface area contributed by atoms with E-state index in [4.69, 9.17) is 9.40 Å². The van der Waals surface area contributed by atoms with Crippen molar-refractivity contribution in [1.29, 1.82) is 0 Å². The predicted molar refractivity (Wildman–Crippen MR) is 175 cm³/mol. The highest BCUT2D eigenvalue weighted by Crippen LogP contribution is 2.38. The van der Waals surface area contributed by atoms with Gasteiger partial charge in [-0.2, -0.15) is 0 Å². The molecule has 3 nitrogen and oxygen atoms in total. The number of aromatic nitrogens is 1. The molecule has 8 aromatic rings. The molecule has 2 heterocycles. The smallest absolute Gasteiger partial charge is 0.154 e. The molecule has 0 aliphatic rings. The van der Waals surface area contributed by atoms with Crippen molar-refractivity contribution in [1.82, 2.24) is 4.98 Å². The first-order chi connectivity index (χ1) is 20.8. The van der Waals surface area contributed by atoms with E-state index in [2.05, 4.69) is 138 Å². The first-order valence-corrected chi connectivity index (χ1v) is 14.1. The molecule has 0 aliphatic carbocycles. The lowest BCUT2D eigenvalue weighted by Crippen LogP contribution is -2.11. The topological polar surface area (TPSA) is 29.3 Å². The van der Waals surface area contributed by atoms with Gasteiger partial charge in [0, 0.05) is 16.8 Å². The van der Waals surface area contributed by atoms with Gasteiger partial charge in [-0.3, -0.25) is 4.90 Å². The van der Waals surface area contributed by atoms with Gasteiger partial charge >= 0.3 is 0 Å². The summed E-state index contributed by atoms with van der Waals surface area (Å²) in [6.07, 6.45) is 0. The Bertz CT molecular complexity index is 2080. The van der Waals surface area contributed by atoms with Gasteiger partial charge in [-0.05, 0) is 81.6 Å². The van der Waals surface area contributed by atoms with Crippen molar-refractivity contribution in [2.24, 2.45) is 0 Å². The summed E-state index contributed by atoms with van der Waals surface area (Å²) in [6.45, 7) is 0. The van der Waals surface area contributed by atoms with E-state index in [-0.39, 0.29) is 0 Å². The van der Waals surface area contributed by atoms with Crippen LogP contribution in [0.15, 0.2) is 162 Å². The molecule has 6 aromatic carbocycles. The second-order valence-electron chi connectivity index (χ2n) is 10.5. The number of rotatable bonds is 5. The van der Waals surface area contributed by atoms with E-state index < -0.39 is 0 Å². The average molecular weight is 539 g/mol. The van der Waals surface area contributed by atoms with E-state index in [0.717, 1.165) is 44.6 Å². The number of benzene rings is 6. The quantitative estimate of drug-likeness (QED) is 0.218. The minimum Gasteiger partial charge on any atom is -0.454 e. The van der Waals surface area contributed by atoms with E-state index in [1.165, 1.54) is 27.6 Å². The molecule has 0 aliphatic heterocycles. The van der Waals surface area contributed by atoms with Gasteiger partial charge in [0.05, 0.1) is 0 Å². The summed E-state index contributed by atoms with van der Waals surface area (Å²) in [6, 6.07) is 55.0. The number of pyridine rings is 1. The highest BCUT2D eigenvalue weighted by Gasteiger charge is 2.18. The summed E-state index contributed by atoms with van der Waals surface area (Å²) in [4.78, 5) is 7.43. The van der Waals surface area contributed by atoms with E-state index in [0.29, 0.717) is 0 Å². The predicted octanol–water partition coefficient (Wildman–Crippen LogP) is 10.9. The number of furan rings is 1. The Morgan fingerprint density at radius 1 is 0.429 bits per heavy atom. The molecular weight excluding hydrogens is 512 g/mol. The van der Waals surface area contributed by atoms with Gasteiger partial charge < -0.3 is 4.42 Å². The van der Waals surface area contributed by atoms with Gasteiger partial charge in [-0.15, -0.1) is 0 Å². The molecule has 0 saturated carbocycles.